The molecule has 18 heavy (non-hydrogen) atoms. The summed E-state index contributed by atoms with van der Waals surface area (Å²) < 4.78 is 6.93. The summed E-state index contributed by atoms with van der Waals surface area (Å²) in [6.45, 7) is 1.88. The number of imidazole rings is 1. The summed E-state index contributed by atoms with van der Waals surface area (Å²) in [6, 6.07) is 3.28. The van der Waals surface area contributed by atoms with Gasteiger partial charge in [-0.3, -0.25) is 10.2 Å². The van der Waals surface area contributed by atoms with Gasteiger partial charge in [-0.1, -0.05) is 0 Å². The zero-order valence-corrected chi connectivity index (χ0v) is 10.0. The molecule has 2 heterocycles. The van der Waals surface area contributed by atoms with Crippen molar-refractivity contribution in [3.63, 3.8) is 0 Å². The molecule has 0 aliphatic rings. The highest BCUT2D eigenvalue weighted by Crippen LogP contribution is 2.20. The van der Waals surface area contributed by atoms with Crippen molar-refractivity contribution < 1.29 is 9.53 Å². The first kappa shape index (κ1) is 12.1. The maximum atomic E-state index is 11.4. The van der Waals surface area contributed by atoms with Crippen LogP contribution in [0.4, 0.5) is 0 Å². The Morgan fingerprint density at radius 2 is 2.28 bits per heavy atom. The largest absolute Gasteiger partial charge is 0.479 e. The number of nitrogens with one attached hydrogen (secondary N) is 1. The van der Waals surface area contributed by atoms with Gasteiger partial charge in [-0.25, -0.2) is 15.8 Å². The molecule has 0 spiro atoms. The van der Waals surface area contributed by atoms with Crippen molar-refractivity contribution in [1.29, 1.82) is 0 Å². The Kier molecular flexibility index (Phi) is 3.24. The van der Waals surface area contributed by atoms with Gasteiger partial charge in [0, 0.05) is 6.20 Å². The highest BCUT2D eigenvalue weighted by molar-refractivity contribution is 5.92. The van der Waals surface area contributed by atoms with Gasteiger partial charge in [-0.15, -0.1) is 0 Å². The molecule has 0 aromatic carbocycles. The minimum Gasteiger partial charge on any atom is -0.479 e. The van der Waals surface area contributed by atoms with Gasteiger partial charge in [-0.05, 0) is 19.1 Å². The maximum Gasteiger partial charge on any atom is 0.283 e. The minimum absolute atomic E-state index is 0.190. The van der Waals surface area contributed by atoms with E-state index in [4.69, 9.17) is 10.6 Å². The number of carbonyl (C=O) groups excluding carboxylic acids is 1. The van der Waals surface area contributed by atoms with E-state index in [0.717, 1.165) is 5.69 Å². The number of methoxy groups -OCH3 is 1. The van der Waals surface area contributed by atoms with Crippen LogP contribution >= 0.6 is 0 Å². The highest BCUT2D eigenvalue weighted by Gasteiger charge is 2.12. The van der Waals surface area contributed by atoms with Crippen LogP contribution in [0.3, 0.4) is 0 Å². The number of hydrogen-bond donors (Lipinski definition) is 2. The summed E-state index contributed by atoms with van der Waals surface area (Å²) in [7, 11) is 1.49. The van der Waals surface area contributed by atoms with Gasteiger partial charge in [0.1, 0.15) is 11.4 Å². The second-order valence-electron chi connectivity index (χ2n) is 3.62. The summed E-state index contributed by atoms with van der Waals surface area (Å²) in [6.07, 6.45) is 3.49. The van der Waals surface area contributed by atoms with E-state index in [2.05, 4.69) is 9.97 Å². The molecular formula is C11H13N5O2. The molecule has 0 unspecified atom stereocenters. The molecule has 3 N–H and O–H groups in total. The van der Waals surface area contributed by atoms with Gasteiger partial charge in [0.2, 0.25) is 5.88 Å². The first-order chi connectivity index (χ1) is 8.65. The Labute approximate surface area is 104 Å². The number of aryl methyl sites for hydroxylation is 1. The van der Waals surface area contributed by atoms with E-state index in [1.807, 2.05) is 18.5 Å². The lowest BCUT2D eigenvalue weighted by atomic mass is 10.3. The molecule has 2 rings (SSSR count). The highest BCUT2D eigenvalue weighted by atomic mass is 16.5. The average molecular weight is 247 g/mol. The van der Waals surface area contributed by atoms with E-state index in [1.54, 1.807) is 23.0 Å². The summed E-state index contributed by atoms with van der Waals surface area (Å²) in [5.74, 6) is 4.91. The van der Waals surface area contributed by atoms with Crippen molar-refractivity contribution in [3.8, 4) is 11.6 Å². The molecule has 2 aromatic heterocycles. The van der Waals surface area contributed by atoms with E-state index in [9.17, 15) is 4.79 Å². The van der Waals surface area contributed by atoms with Crippen molar-refractivity contribution in [2.75, 3.05) is 7.11 Å². The number of nitrogens with zero attached hydrogens (tertiary/aromatic N) is 3. The number of pyridine rings is 1. The molecule has 7 nitrogen and oxygen atoms in total. The van der Waals surface area contributed by atoms with Crippen LogP contribution in [-0.2, 0) is 0 Å². The van der Waals surface area contributed by atoms with Gasteiger partial charge in [-0.2, -0.15) is 0 Å². The van der Waals surface area contributed by atoms with Gasteiger partial charge < -0.3 is 9.30 Å². The summed E-state index contributed by atoms with van der Waals surface area (Å²) in [5.41, 5.74) is 3.79. The SMILES string of the molecule is COc1nc(C(=O)NN)ccc1-n1cnc(C)c1. The molecule has 0 bridgehead atoms. The molecule has 0 aliphatic carbocycles. The summed E-state index contributed by atoms with van der Waals surface area (Å²) in [5, 5.41) is 0. The Morgan fingerprint density at radius 3 is 2.83 bits per heavy atom. The fraction of sp³-hybridized carbons (Fsp3) is 0.182. The number of carbonyl (C=O) groups is 1. The summed E-state index contributed by atoms with van der Waals surface area (Å²) in [4.78, 5) is 19.6. The van der Waals surface area contributed by atoms with E-state index in [-0.39, 0.29) is 5.69 Å². The average Bonchev–Trinajstić information content (AvgIpc) is 2.83. The fourth-order valence-corrected chi connectivity index (χ4v) is 1.53. The third-order valence-electron chi connectivity index (χ3n) is 2.39. The monoisotopic (exact) mass is 247 g/mol. The molecule has 94 valence electrons. The predicted octanol–water partition coefficient (Wildman–Crippen LogP) is 0.188. The number of nitrogens with two attached hydrogens (primary N) is 1. The number of hydrazine groups is 1. The lowest BCUT2D eigenvalue weighted by Gasteiger charge is -2.09. The van der Waals surface area contributed by atoms with Crippen LogP contribution < -0.4 is 16.0 Å². The first-order valence-electron chi connectivity index (χ1n) is 5.22. The Hall–Kier alpha value is -2.41. The lowest BCUT2D eigenvalue weighted by Crippen LogP contribution is -2.30. The zero-order chi connectivity index (χ0) is 13.1. The molecule has 7 heteroatoms. The molecule has 0 radical (unpaired) electrons. The lowest BCUT2D eigenvalue weighted by molar-refractivity contribution is 0.0948. The van der Waals surface area contributed by atoms with Crippen molar-refractivity contribution >= 4 is 5.91 Å². The second-order valence-corrected chi connectivity index (χ2v) is 3.62. The van der Waals surface area contributed by atoms with Crippen LogP contribution in [0.1, 0.15) is 16.2 Å². The van der Waals surface area contributed by atoms with E-state index >= 15 is 0 Å². The molecule has 0 atom stereocenters. The van der Waals surface area contributed by atoms with Crippen LogP contribution in [0.5, 0.6) is 5.88 Å². The molecule has 0 saturated heterocycles. The van der Waals surface area contributed by atoms with Crippen molar-refractivity contribution in [2.24, 2.45) is 5.84 Å². The topological polar surface area (TPSA) is 95.1 Å². The van der Waals surface area contributed by atoms with Crippen molar-refractivity contribution in [1.82, 2.24) is 20.0 Å². The van der Waals surface area contributed by atoms with Gasteiger partial charge >= 0.3 is 0 Å². The normalized spacial score (nSPS) is 10.2. The van der Waals surface area contributed by atoms with E-state index < -0.39 is 5.91 Å². The Balaban J connectivity index is 2.46. The number of aromatic nitrogens is 3. The Morgan fingerprint density at radius 1 is 1.50 bits per heavy atom. The van der Waals surface area contributed by atoms with E-state index in [1.165, 1.54) is 7.11 Å². The maximum absolute atomic E-state index is 11.4. The number of ether oxygens (including phenoxy) is 1. The third-order valence-corrected chi connectivity index (χ3v) is 2.39. The first-order valence-corrected chi connectivity index (χ1v) is 5.22. The Bertz CT molecular complexity index is 579. The quantitative estimate of drug-likeness (QED) is 0.458. The molecule has 0 aliphatic heterocycles. The number of nitrogen functional groups attached to an aromatic ring is 1. The predicted molar refractivity (Wildman–Crippen MR) is 64.3 cm³/mol. The smallest absolute Gasteiger partial charge is 0.283 e. The zero-order valence-electron chi connectivity index (χ0n) is 10.0. The molecule has 0 fully saturated rings. The van der Waals surface area contributed by atoms with Gasteiger partial charge in [0.15, 0.2) is 0 Å². The molecule has 2 aromatic rings. The van der Waals surface area contributed by atoms with Gasteiger partial charge in [0.05, 0.1) is 19.1 Å². The number of hydrogen-bond acceptors (Lipinski definition) is 5. The standard InChI is InChI=1S/C11H13N5O2/c1-7-5-16(6-13-7)9-4-3-8(10(17)15-12)14-11(9)18-2/h3-6H,12H2,1-2H3,(H,15,17). The fourth-order valence-electron chi connectivity index (χ4n) is 1.53. The third kappa shape index (κ3) is 2.16. The van der Waals surface area contributed by atoms with Crippen LogP contribution in [-0.4, -0.2) is 27.6 Å². The molecular weight excluding hydrogens is 234 g/mol. The van der Waals surface area contributed by atoms with Crippen LogP contribution in [0.2, 0.25) is 0 Å². The molecule has 1 amide bonds. The van der Waals surface area contributed by atoms with Crippen molar-refractivity contribution in [2.45, 2.75) is 6.92 Å². The van der Waals surface area contributed by atoms with Crippen LogP contribution in [0.15, 0.2) is 24.7 Å². The van der Waals surface area contributed by atoms with Crippen molar-refractivity contribution in [3.05, 3.63) is 36.0 Å². The number of rotatable bonds is 3. The summed E-state index contributed by atoms with van der Waals surface area (Å²) >= 11 is 0. The van der Waals surface area contributed by atoms with Gasteiger partial charge in [0.25, 0.3) is 5.91 Å². The molecule has 0 saturated carbocycles. The second kappa shape index (κ2) is 4.84. The van der Waals surface area contributed by atoms with Crippen LogP contribution in [0.25, 0.3) is 5.69 Å². The van der Waals surface area contributed by atoms with Crippen LogP contribution in [0, 0.1) is 6.92 Å². The number of amides is 1. The van der Waals surface area contributed by atoms with E-state index in [0.29, 0.717) is 11.6 Å². The minimum atomic E-state index is -0.471.